The first kappa shape index (κ1) is 18.8. The summed E-state index contributed by atoms with van der Waals surface area (Å²) < 4.78 is 0. The topological polar surface area (TPSA) is 0 Å². The molecule has 0 bridgehead atoms. The van der Waals surface area contributed by atoms with Crippen molar-refractivity contribution in [1.29, 1.82) is 0 Å². The van der Waals surface area contributed by atoms with Gasteiger partial charge in [-0.25, -0.2) is 0 Å². The second kappa shape index (κ2) is 9.57. The third kappa shape index (κ3) is 5.24. The van der Waals surface area contributed by atoms with Crippen molar-refractivity contribution in [1.82, 2.24) is 0 Å². The lowest BCUT2D eigenvalue weighted by Gasteiger charge is -2.11. The lowest BCUT2D eigenvalue weighted by molar-refractivity contribution is 1.59. The maximum Gasteiger partial charge on any atom is 0.0348 e. The van der Waals surface area contributed by atoms with E-state index in [9.17, 15) is 0 Å². The minimum atomic E-state index is -0.708. The van der Waals surface area contributed by atoms with E-state index in [0.29, 0.717) is 0 Å². The lowest BCUT2D eigenvalue weighted by Crippen LogP contribution is -2.09. The van der Waals surface area contributed by atoms with E-state index in [-0.39, 0.29) is 0 Å². The molecule has 0 saturated carbocycles. The van der Waals surface area contributed by atoms with Gasteiger partial charge in [-0.3, -0.25) is 0 Å². The summed E-state index contributed by atoms with van der Waals surface area (Å²) in [5.41, 5.74) is 6.55. The van der Waals surface area contributed by atoms with E-state index in [1.807, 2.05) is 66.7 Å². The molecule has 0 fully saturated rings. The Morgan fingerprint density at radius 3 is 1.24 bits per heavy atom. The highest BCUT2D eigenvalue weighted by Crippen LogP contribution is 2.31. The summed E-state index contributed by atoms with van der Waals surface area (Å²) in [6.45, 7) is 0. The van der Waals surface area contributed by atoms with Crippen LogP contribution in [-0.2, 0) is 0 Å². The smallest absolute Gasteiger partial charge is 0.0348 e. The normalized spacial score (nSPS) is 9.83. The molecule has 0 heterocycles. The van der Waals surface area contributed by atoms with Gasteiger partial charge in [0.2, 0.25) is 0 Å². The molecule has 0 radical (unpaired) electrons. The van der Waals surface area contributed by atoms with Crippen LogP contribution in [0.25, 0.3) is 0 Å². The first-order chi connectivity index (χ1) is 14.4. The average molecular weight is 386 g/mol. The van der Waals surface area contributed by atoms with Crippen LogP contribution in [0.1, 0.15) is 16.7 Å². The fourth-order valence-electron chi connectivity index (χ4n) is 2.86. The van der Waals surface area contributed by atoms with Crippen LogP contribution >= 0.6 is 7.92 Å². The van der Waals surface area contributed by atoms with Gasteiger partial charge in [0.1, 0.15) is 0 Å². The van der Waals surface area contributed by atoms with Gasteiger partial charge in [-0.05, 0) is 47.0 Å². The Hall–Kier alpha value is -3.57. The van der Waals surface area contributed by atoms with Gasteiger partial charge in [-0.2, -0.15) is 0 Å². The van der Waals surface area contributed by atoms with Crippen molar-refractivity contribution in [2.24, 2.45) is 0 Å². The van der Waals surface area contributed by atoms with Crippen LogP contribution in [0.4, 0.5) is 0 Å². The molecule has 0 aliphatic heterocycles. The van der Waals surface area contributed by atoms with Gasteiger partial charge in [0.15, 0.2) is 0 Å². The molecule has 4 aromatic carbocycles. The van der Waals surface area contributed by atoms with E-state index >= 15 is 0 Å². The number of benzene rings is 4. The van der Waals surface area contributed by atoms with E-state index in [0.717, 1.165) is 16.7 Å². The van der Waals surface area contributed by atoms with Crippen LogP contribution < -0.4 is 10.6 Å². The molecule has 0 amide bonds. The predicted molar refractivity (Wildman–Crippen MR) is 125 cm³/mol. The second-order valence-corrected chi connectivity index (χ2v) is 8.36. The standard InChI is InChI=1S/C28H19P/c1-4-10-24(11-5-1)16-17-25-18-20-26(21-19-25)22-23-29(27-12-6-2-7-13-27)28-14-8-3-9-15-28/h1-15,18-21H. The molecule has 0 aliphatic carbocycles. The van der Waals surface area contributed by atoms with Crippen molar-refractivity contribution in [2.75, 3.05) is 0 Å². The Morgan fingerprint density at radius 2 is 0.759 bits per heavy atom. The first-order valence-corrected chi connectivity index (χ1v) is 10.8. The average Bonchev–Trinajstić information content (AvgIpc) is 2.81. The van der Waals surface area contributed by atoms with Gasteiger partial charge in [0.05, 0.1) is 0 Å². The molecule has 29 heavy (non-hydrogen) atoms. The summed E-state index contributed by atoms with van der Waals surface area (Å²) in [7, 11) is -0.708. The Bertz CT molecular complexity index is 1130. The fourth-order valence-corrected chi connectivity index (χ4v) is 4.59. The SMILES string of the molecule is C(#Cc1ccc(C#CP(c2ccccc2)c2ccccc2)cc1)c1ccccc1. The Labute approximate surface area is 174 Å². The molecule has 0 N–H and O–H groups in total. The van der Waals surface area contributed by atoms with Crippen LogP contribution in [0.2, 0.25) is 0 Å². The molecule has 1 heteroatoms. The first-order valence-electron chi connectivity index (χ1n) is 9.47. The quantitative estimate of drug-likeness (QED) is 0.314. The van der Waals surface area contributed by atoms with Gasteiger partial charge in [-0.15, -0.1) is 0 Å². The molecule has 0 spiro atoms. The summed E-state index contributed by atoms with van der Waals surface area (Å²) in [5.74, 6) is 9.77. The second-order valence-electron chi connectivity index (χ2n) is 6.44. The molecular formula is C28H19P. The fraction of sp³-hybridized carbons (Fsp3) is 0. The van der Waals surface area contributed by atoms with Crippen molar-refractivity contribution >= 4 is 18.5 Å². The van der Waals surface area contributed by atoms with Crippen molar-refractivity contribution in [3.05, 3.63) is 132 Å². The molecule has 0 nitrogen and oxygen atoms in total. The molecule has 0 aromatic heterocycles. The molecule has 4 rings (SSSR count). The minimum absolute atomic E-state index is 0.708. The van der Waals surface area contributed by atoms with Crippen LogP contribution in [0, 0.1) is 23.4 Å². The highest BCUT2D eigenvalue weighted by Gasteiger charge is 2.10. The van der Waals surface area contributed by atoms with Crippen molar-refractivity contribution in [3.63, 3.8) is 0 Å². The summed E-state index contributed by atoms with van der Waals surface area (Å²) in [4.78, 5) is 0. The van der Waals surface area contributed by atoms with Crippen molar-refractivity contribution < 1.29 is 0 Å². The lowest BCUT2D eigenvalue weighted by atomic mass is 10.1. The third-order valence-corrected chi connectivity index (χ3v) is 6.32. The highest BCUT2D eigenvalue weighted by atomic mass is 31.1. The van der Waals surface area contributed by atoms with Gasteiger partial charge in [0, 0.05) is 24.6 Å². The van der Waals surface area contributed by atoms with Crippen LogP contribution in [0.15, 0.2) is 115 Å². The van der Waals surface area contributed by atoms with Gasteiger partial charge >= 0.3 is 0 Å². The maximum atomic E-state index is 3.52. The van der Waals surface area contributed by atoms with Crippen LogP contribution in [-0.4, -0.2) is 0 Å². The largest absolute Gasteiger partial charge is 0.0622 e. The summed E-state index contributed by atoms with van der Waals surface area (Å²) >= 11 is 0. The van der Waals surface area contributed by atoms with Gasteiger partial charge < -0.3 is 0 Å². The minimum Gasteiger partial charge on any atom is -0.0622 e. The molecular weight excluding hydrogens is 367 g/mol. The summed E-state index contributed by atoms with van der Waals surface area (Å²) in [6.07, 6.45) is 0. The Morgan fingerprint density at radius 1 is 0.379 bits per heavy atom. The zero-order valence-electron chi connectivity index (χ0n) is 15.9. The number of hydrogen-bond donors (Lipinski definition) is 0. The zero-order valence-corrected chi connectivity index (χ0v) is 16.8. The van der Waals surface area contributed by atoms with Crippen LogP contribution in [0.5, 0.6) is 0 Å². The highest BCUT2D eigenvalue weighted by molar-refractivity contribution is 7.77. The summed E-state index contributed by atoms with van der Waals surface area (Å²) in [5, 5.41) is 2.54. The van der Waals surface area contributed by atoms with Gasteiger partial charge in [-0.1, -0.05) is 102 Å². The number of hydrogen-bond acceptors (Lipinski definition) is 0. The Kier molecular flexibility index (Phi) is 6.20. The molecule has 136 valence electrons. The number of rotatable bonds is 2. The van der Waals surface area contributed by atoms with E-state index in [1.165, 1.54) is 10.6 Å². The van der Waals surface area contributed by atoms with E-state index in [1.54, 1.807) is 0 Å². The van der Waals surface area contributed by atoms with Crippen molar-refractivity contribution in [3.8, 4) is 23.4 Å². The molecule has 0 atom stereocenters. The molecule has 4 aromatic rings. The third-order valence-electron chi connectivity index (χ3n) is 4.35. The van der Waals surface area contributed by atoms with Gasteiger partial charge in [0.25, 0.3) is 0 Å². The van der Waals surface area contributed by atoms with E-state index in [2.05, 4.69) is 72.0 Å². The zero-order chi connectivity index (χ0) is 19.7. The molecule has 0 unspecified atom stereocenters. The summed E-state index contributed by atoms with van der Waals surface area (Å²) in [6, 6.07) is 39.3. The van der Waals surface area contributed by atoms with E-state index in [4.69, 9.17) is 0 Å². The molecule has 0 saturated heterocycles. The van der Waals surface area contributed by atoms with Crippen molar-refractivity contribution in [2.45, 2.75) is 0 Å². The predicted octanol–water partition coefficient (Wildman–Crippen LogP) is 5.53. The molecule has 0 aliphatic rings. The maximum absolute atomic E-state index is 3.52. The Balaban J connectivity index is 1.57. The monoisotopic (exact) mass is 386 g/mol. The van der Waals surface area contributed by atoms with Crippen LogP contribution in [0.3, 0.4) is 0 Å². The van der Waals surface area contributed by atoms with E-state index < -0.39 is 7.92 Å².